The molecule has 0 radical (unpaired) electrons. The quantitative estimate of drug-likeness (QED) is 0.454. The number of hydrogen-bond acceptors (Lipinski definition) is 8. The van der Waals surface area contributed by atoms with Crippen LogP contribution in [-0.2, 0) is 28.4 Å². The van der Waals surface area contributed by atoms with Crippen LogP contribution >= 0.6 is 15.9 Å². The number of fused-ring (bicyclic) bond motifs is 1. The smallest absolute Gasteiger partial charge is 0.338 e. The summed E-state index contributed by atoms with van der Waals surface area (Å²) in [5, 5.41) is 9.42. The van der Waals surface area contributed by atoms with E-state index in [0.717, 1.165) is 17.3 Å². The Balaban J connectivity index is 1.18. The van der Waals surface area contributed by atoms with Crippen molar-refractivity contribution >= 4 is 21.9 Å². The van der Waals surface area contributed by atoms with Crippen molar-refractivity contribution in [2.75, 3.05) is 6.61 Å². The highest BCUT2D eigenvalue weighted by Gasteiger charge is 2.68. The first-order valence-electron chi connectivity index (χ1n) is 13.0. The average molecular weight is 565 g/mol. The molecule has 6 fully saturated rings. The molecule has 7 rings (SSSR count). The molecule has 0 aliphatic carbocycles. The van der Waals surface area contributed by atoms with E-state index in [2.05, 4.69) is 22.5 Å². The molecule has 196 valence electrons. The Morgan fingerprint density at radius 3 is 2.58 bits per heavy atom. The molecular weight excluding hydrogens is 532 g/mol. The first-order valence-corrected chi connectivity index (χ1v) is 13.8. The number of halogens is 1. The molecule has 1 aromatic rings. The van der Waals surface area contributed by atoms with Gasteiger partial charge in [0.25, 0.3) is 0 Å². The van der Waals surface area contributed by atoms with E-state index in [9.17, 15) is 9.90 Å². The number of benzene rings is 1. The van der Waals surface area contributed by atoms with Crippen LogP contribution < -0.4 is 0 Å². The Kier molecular flexibility index (Phi) is 7.00. The van der Waals surface area contributed by atoms with Gasteiger partial charge in [0.1, 0.15) is 36.6 Å². The van der Waals surface area contributed by atoms with E-state index in [-0.39, 0.29) is 67.5 Å². The summed E-state index contributed by atoms with van der Waals surface area (Å²) in [4.78, 5) is 12.7. The van der Waals surface area contributed by atoms with Gasteiger partial charge >= 0.3 is 5.97 Å². The van der Waals surface area contributed by atoms with Gasteiger partial charge in [0.2, 0.25) is 0 Å². The average Bonchev–Trinajstić information content (AvgIpc) is 3.28. The van der Waals surface area contributed by atoms with Crippen LogP contribution in [0.15, 0.2) is 41.4 Å². The number of aliphatic hydroxyl groups is 1. The van der Waals surface area contributed by atoms with Crippen molar-refractivity contribution in [1.29, 1.82) is 0 Å². The summed E-state index contributed by atoms with van der Waals surface area (Å²) >= 11 is 3.43. The van der Waals surface area contributed by atoms with E-state index in [1.807, 2.05) is 18.2 Å². The number of ether oxygens (including phenoxy) is 6. The predicted molar refractivity (Wildman–Crippen MR) is 132 cm³/mol. The lowest BCUT2D eigenvalue weighted by Gasteiger charge is -2.47. The van der Waals surface area contributed by atoms with E-state index in [0.29, 0.717) is 37.7 Å². The molecule has 0 spiro atoms. The summed E-state index contributed by atoms with van der Waals surface area (Å²) in [5.74, 6) is -1.21. The third-order valence-corrected chi connectivity index (χ3v) is 8.38. The Bertz CT molecular complexity index is 974. The van der Waals surface area contributed by atoms with Gasteiger partial charge in [0, 0.05) is 25.9 Å². The molecule has 36 heavy (non-hydrogen) atoms. The lowest BCUT2D eigenvalue weighted by Crippen LogP contribution is -2.61. The number of hydrogen-bond donors (Lipinski definition) is 1. The number of esters is 1. The summed E-state index contributed by atoms with van der Waals surface area (Å²) in [6.45, 7) is 4.05. The van der Waals surface area contributed by atoms with Gasteiger partial charge in [0.15, 0.2) is 5.79 Å². The lowest BCUT2D eigenvalue weighted by molar-refractivity contribution is -0.293. The number of carbonyl (C=O) groups is 1. The zero-order valence-corrected chi connectivity index (χ0v) is 21.7. The summed E-state index contributed by atoms with van der Waals surface area (Å²) in [5.41, 5.74) is 0.516. The minimum atomic E-state index is -0.847. The van der Waals surface area contributed by atoms with E-state index >= 15 is 0 Å². The molecule has 0 saturated carbocycles. The van der Waals surface area contributed by atoms with E-state index in [1.165, 1.54) is 0 Å². The molecule has 6 bridgehead atoms. The van der Waals surface area contributed by atoms with Crippen molar-refractivity contribution in [2.24, 2.45) is 0 Å². The molecule has 6 heterocycles. The van der Waals surface area contributed by atoms with Gasteiger partial charge in [-0.2, -0.15) is 0 Å². The van der Waals surface area contributed by atoms with Gasteiger partial charge < -0.3 is 33.5 Å². The molecule has 1 N–H and O–H groups in total. The van der Waals surface area contributed by atoms with E-state index < -0.39 is 5.79 Å². The molecule has 6 aliphatic rings. The van der Waals surface area contributed by atoms with Crippen molar-refractivity contribution in [1.82, 2.24) is 0 Å². The molecule has 6 aliphatic heterocycles. The second-order valence-corrected chi connectivity index (χ2v) is 11.6. The minimum Gasteiger partial charge on any atom is -0.458 e. The molecule has 0 aromatic heterocycles. The SMILES string of the molecule is C=C(Br)C[C@@H](CC[C@@]12C[C@H]3O[C@H]4C(O1)[C@H]1O[C@@H](CCO)CC[C@@H]1O[C@H]4C3O2)OC(=O)c1ccccc1. The second kappa shape index (κ2) is 10.1. The summed E-state index contributed by atoms with van der Waals surface area (Å²) < 4.78 is 39.2. The van der Waals surface area contributed by atoms with Gasteiger partial charge in [-0.15, -0.1) is 0 Å². The number of rotatable bonds is 9. The van der Waals surface area contributed by atoms with Crippen LogP contribution in [0, 0.1) is 0 Å². The fourth-order valence-corrected chi connectivity index (χ4v) is 6.82. The molecule has 6 saturated heterocycles. The number of carbonyl (C=O) groups excluding carboxylic acids is 1. The molecule has 10 atom stereocenters. The van der Waals surface area contributed by atoms with Crippen LogP contribution in [0.3, 0.4) is 0 Å². The molecule has 1 aromatic carbocycles. The van der Waals surface area contributed by atoms with E-state index in [1.54, 1.807) is 12.1 Å². The topological polar surface area (TPSA) is 92.7 Å². The Hall–Kier alpha value is -1.33. The van der Waals surface area contributed by atoms with Crippen LogP contribution in [-0.4, -0.2) is 78.4 Å². The highest BCUT2D eigenvalue weighted by molar-refractivity contribution is 9.11. The maximum atomic E-state index is 12.7. The highest BCUT2D eigenvalue weighted by atomic mass is 79.9. The maximum absolute atomic E-state index is 12.7. The van der Waals surface area contributed by atoms with Gasteiger partial charge in [-0.25, -0.2) is 4.79 Å². The van der Waals surface area contributed by atoms with Crippen molar-refractivity contribution in [3.8, 4) is 0 Å². The largest absolute Gasteiger partial charge is 0.458 e. The van der Waals surface area contributed by atoms with Gasteiger partial charge in [-0.05, 0) is 42.3 Å². The second-order valence-electron chi connectivity index (χ2n) is 10.5. The lowest BCUT2D eigenvalue weighted by atomic mass is 9.87. The first-order chi connectivity index (χ1) is 17.4. The predicted octanol–water partition coefficient (Wildman–Crippen LogP) is 3.64. The third-order valence-electron chi connectivity index (χ3n) is 8.06. The molecule has 2 unspecified atom stereocenters. The summed E-state index contributed by atoms with van der Waals surface area (Å²) in [6, 6.07) is 8.99. The fraction of sp³-hybridized carbons (Fsp3) is 0.667. The molecular formula is C27H33BrO8. The van der Waals surface area contributed by atoms with Crippen LogP contribution in [0.25, 0.3) is 0 Å². The van der Waals surface area contributed by atoms with Crippen molar-refractivity contribution in [3.63, 3.8) is 0 Å². The summed E-state index contributed by atoms with van der Waals surface area (Å²) in [7, 11) is 0. The first kappa shape index (κ1) is 25.0. The monoisotopic (exact) mass is 564 g/mol. The number of aliphatic hydroxyl groups excluding tert-OH is 1. The van der Waals surface area contributed by atoms with Crippen molar-refractivity contribution in [2.45, 2.75) is 106 Å². The standard InChI is InChI=1S/C27H33BrO8/c1-15(28)13-18(32-26(30)16-5-3-2-4-6-16)9-11-27-14-20-22(35-27)23-24(34-20)25(36-27)21-19(33-23)8-7-17(31-21)10-12-29/h2-6,17-25,29H,1,7-14H2/t17-,18-,19+,20-,21+,22?,23+,24-,25?,27+/m1/s1. The van der Waals surface area contributed by atoms with Crippen molar-refractivity contribution in [3.05, 3.63) is 47.0 Å². The normalized spacial score (nSPS) is 40.9. The van der Waals surface area contributed by atoms with Crippen molar-refractivity contribution < 1.29 is 38.3 Å². The van der Waals surface area contributed by atoms with Gasteiger partial charge in [-0.3, -0.25) is 0 Å². The van der Waals surface area contributed by atoms with Crippen LogP contribution in [0.2, 0.25) is 0 Å². The van der Waals surface area contributed by atoms with Crippen LogP contribution in [0.5, 0.6) is 0 Å². The maximum Gasteiger partial charge on any atom is 0.338 e. The Morgan fingerprint density at radius 1 is 1.06 bits per heavy atom. The summed E-state index contributed by atoms with van der Waals surface area (Å²) in [6.07, 6.45) is 2.84. The molecule has 9 heteroatoms. The zero-order valence-electron chi connectivity index (χ0n) is 20.1. The molecule has 8 nitrogen and oxygen atoms in total. The Morgan fingerprint density at radius 2 is 1.81 bits per heavy atom. The zero-order chi connectivity index (χ0) is 24.9. The fourth-order valence-electron chi connectivity index (χ4n) is 6.46. The van der Waals surface area contributed by atoms with Crippen LogP contribution in [0.4, 0.5) is 0 Å². The highest BCUT2D eigenvalue weighted by Crippen LogP contribution is 2.54. The van der Waals surface area contributed by atoms with Gasteiger partial charge in [0.05, 0.1) is 23.9 Å². The Labute approximate surface area is 219 Å². The van der Waals surface area contributed by atoms with Gasteiger partial charge in [-0.1, -0.05) is 40.7 Å². The van der Waals surface area contributed by atoms with Crippen LogP contribution in [0.1, 0.15) is 55.3 Å². The minimum absolute atomic E-state index is 0.0148. The van der Waals surface area contributed by atoms with E-state index in [4.69, 9.17) is 28.4 Å². The third kappa shape index (κ3) is 4.68. The molecule has 0 amide bonds.